The van der Waals surface area contributed by atoms with E-state index in [1.54, 1.807) is 20.8 Å². The predicted molar refractivity (Wildman–Crippen MR) is 89.1 cm³/mol. The maximum Gasteiger partial charge on any atom is 0.417 e. The summed E-state index contributed by atoms with van der Waals surface area (Å²) >= 11 is 0. The molecule has 6 heteroatoms. The van der Waals surface area contributed by atoms with Crippen LogP contribution in [0.2, 0.25) is 18.1 Å². The van der Waals surface area contributed by atoms with E-state index in [0.717, 1.165) is 12.8 Å². The highest BCUT2D eigenvalue weighted by Gasteiger charge is 2.42. The lowest BCUT2D eigenvalue weighted by molar-refractivity contribution is -0.128. The Morgan fingerprint density at radius 1 is 1.32 bits per heavy atom. The zero-order valence-corrected chi connectivity index (χ0v) is 16.0. The fourth-order valence-corrected chi connectivity index (χ4v) is 3.17. The van der Waals surface area contributed by atoms with Crippen LogP contribution in [0.25, 0.3) is 0 Å². The van der Waals surface area contributed by atoms with Gasteiger partial charge in [0.05, 0.1) is 0 Å². The van der Waals surface area contributed by atoms with Crippen molar-refractivity contribution in [1.82, 2.24) is 4.90 Å². The molecule has 0 aromatic rings. The third kappa shape index (κ3) is 4.81. The Hall–Kier alpha value is -0.883. The minimum Gasteiger partial charge on any atom is -0.443 e. The molecular formula is C16H31NO4Si. The molecule has 0 radical (unpaired) electrons. The van der Waals surface area contributed by atoms with E-state index < -0.39 is 20.0 Å². The van der Waals surface area contributed by atoms with Crippen molar-refractivity contribution in [3.8, 4) is 0 Å². The molecule has 1 atom stereocenters. The SMILES string of the molecule is CC(C)(C)OC(=O)N1C(=O)CC[C@H]1CCC(C)(C)[Si](C)(C)O. The topological polar surface area (TPSA) is 66.8 Å². The number of carbonyl (C=O) groups is 2. The van der Waals surface area contributed by atoms with Crippen LogP contribution < -0.4 is 0 Å². The van der Waals surface area contributed by atoms with Crippen molar-refractivity contribution >= 4 is 20.3 Å². The second kappa shape index (κ2) is 6.32. The van der Waals surface area contributed by atoms with Crippen LogP contribution >= 0.6 is 0 Å². The van der Waals surface area contributed by atoms with Gasteiger partial charge in [0.25, 0.3) is 0 Å². The molecule has 0 saturated carbocycles. The van der Waals surface area contributed by atoms with E-state index >= 15 is 0 Å². The van der Waals surface area contributed by atoms with E-state index in [4.69, 9.17) is 4.74 Å². The molecule has 1 heterocycles. The van der Waals surface area contributed by atoms with E-state index in [9.17, 15) is 14.4 Å². The predicted octanol–water partition coefficient (Wildman–Crippen LogP) is 3.67. The van der Waals surface area contributed by atoms with Gasteiger partial charge in [0.1, 0.15) is 5.60 Å². The zero-order chi connectivity index (χ0) is 17.3. The molecule has 5 nitrogen and oxygen atoms in total. The second-order valence-electron chi connectivity index (χ2n) is 8.42. The van der Waals surface area contributed by atoms with Gasteiger partial charge in [-0.05, 0) is 58.2 Å². The van der Waals surface area contributed by atoms with Crippen LogP contribution in [-0.4, -0.2) is 41.7 Å². The molecule has 1 rings (SSSR count). The fourth-order valence-electron chi connectivity index (χ4n) is 2.41. The number of carbonyl (C=O) groups excluding carboxylic acids is 2. The summed E-state index contributed by atoms with van der Waals surface area (Å²) in [6, 6.07) is -0.113. The number of nitrogens with zero attached hydrogens (tertiary/aromatic N) is 1. The number of rotatable bonds is 4. The maximum absolute atomic E-state index is 12.2. The molecule has 1 saturated heterocycles. The van der Waals surface area contributed by atoms with Crippen LogP contribution in [0.3, 0.4) is 0 Å². The van der Waals surface area contributed by atoms with Gasteiger partial charge in [-0.25, -0.2) is 9.69 Å². The lowest BCUT2D eigenvalue weighted by atomic mass is 10.0. The van der Waals surface area contributed by atoms with Crippen molar-refractivity contribution in [3.05, 3.63) is 0 Å². The normalized spacial score (nSPS) is 20.5. The van der Waals surface area contributed by atoms with Gasteiger partial charge in [-0.15, -0.1) is 0 Å². The van der Waals surface area contributed by atoms with Crippen LogP contribution in [-0.2, 0) is 9.53 Å². The van der Waals surface area contributed by atoms with Gasteiger partial charge in [0.15, 0.2) is 8.32 Å². The molecule has 128 valence electrons. The summed E-state index contributed by atoms with van der Waals surface area (Å²) in [7, 11) is -2.28. The van der Waals surface area contributed by atoms with Crippen LogP contribution in [0.5, 0.6) is 0 Å². The van der Waals surface area contributed by atoms with Gasteiger partial charge >= 0.3 is 6.09 Å². The first-order valence-electron chi connectivity index (χ1n) is 8.02. The average molecular weight is 330 g/mol. The number of likely N-dealkylation sites (tertiary alicyclic amines) is 1. The molecule has 0 aliphatic carbocycles. The molecule has 0 aromatic carbocycles. The Morgan fingerprint density at radius 2 is 1.86 bits per heavy atom. The lowest BCUT2D eigenvalue weighted by Gasteiger charge is -2.36. The number of ether oxygens (including phenoxy) is 1. The van der Waals surface area contributed by atoms with Crippen molar-refractivity contribution < 1.29 is 19.1 Å². The molecule has 0 unspecified atom stereocenters. The summed E-state index contributed by atoms with van der Waals surface area (Å²) in [4.78, 5) is 35.9. The third-order valence-electron chi connectivity index (χ3n) is 4.67. The average Bonchev–Trinajstić information content (AvgIpc) is 2.64. The van der Waals surface area contributed by atoms with Crippen molar-refractivity contribution in [2.24, 2.45) is 0 Å². The Bertz CT molecular complexity index is 434. The quantitative estimate of drug-likeness (QED) is 0.799. The highest BCUT2D eigenvalue weighted by atomic mass is 28.4. The molecule has 2 amide bonds. The molecule has 0 bridgehead atoms. The first-order valence-corrected chi connectivity index (χ1v) is 11.0. The maximum atomic E-state index is 12.2. The molecule has 1 aliphatic rings. The number of amides is 2. The number of imide groups is 1. The highest BCUT2D eigenvalue weighted by Crippen LogP contribution is 2.41. The Balaban J connectivity index is 2.74. The largest absolute Gasteiger partial charge is 0.443 e. The Labute approximate surface area is 135 Å². The van der Waals surface area contributed by atoms with E-state index in [2.05, 4.69) is 13.8 Å². The van der Waals surface area contributed by atoms with Crippen molar-refractivity contribution in [1.29, 1.82) is 0 Å². The smallest absolute Gasteiger partial charge is 0.417 e. The zero-order valence-electron chi connectivity index (χ0n) is 15.0. The third-order valence-corrected chi connectivity index (χ3v) is 8.24. The Kier molecular flexibility index (Phi) is 5.50. The molecule has 1 fully saturated rings. The summed E-state index contributed by atoms with van der Waals surface area (Å²) < 4.78 is 5.35. The van der Waals surface area contributed by atoms with Gasteiger partial charge in [-0.1, -0.05) is 13.8 Å². The van der Waals surface area contributed by atoms with Crippen LogP contribution in [0.4, 0.5) is 4.79 Å². The summed E-state index contributed by atoms with van der Waals surface area (Å²) in [5.41, 5.74) is -0.607. The minimum atomic E-state index is -2.28. The van der Waals surface area contributed by atoms with Crippen molar-refractivity contribution in [2.75, 3.05) is 0 Å². The highest BCUT2D eigenvalue weighted by molar-refractivity contribution is 6.72. The van der Waals surface area contributed by atoms with E-state index in [1.165, 1.54) is 4.90 Å². The van der Waals surface area contributed by atoms with Gasteiger partial charge in [0, 0.05) is 12.5 Å². The van der Waals surface area contributed by atoms with E-state index in [0.29, 0.717) is 12.8 Å². The second-order valence-corrected chi connectivity index (χ2v) is 12.9. The van der Waals surface area contributed by atoms with Crippen LogP contribution in [0, 0.1) is 0 Å². The van der Waals surface area contributed by atoms with E-state index in [1.807, 2.05) is 13.1 Å². The van der Waals surface area contributed by atoms with Gasteiger partial charge in [-0.2, -0.15) is 0 Å². The lowest BCUT2D eigenvalue weighted by Crippen LogP contribution is -2.44. The fraction of sp³-hybridized carbons (Fsp3) is 0.875. The molecular weight excluding hydrogens is 298 g/mol. The minimum absolute atomic E-state index is 0.113. The van der Waals surface area contributed by atoms with Crippen LogP contribution in [0.15, 0.2) is 0 Å². The van der Waals surface area contributed by atoms with Gasteiger partial charge < -0.3 is 9.53 Å². The summed E-state index contributed by atoms with van der Waals surface area (Å²) in [6.45, 7) is 13.4. The number of hydrogen-bond acceptors (Lipinski definition) is 4. The number of hydrogen-bond donors (Lipinski definition) is 1. The summed E-state index contributed by atoms with van der Waals surface area (Å²) in [5.74, 6) is -0.155. The van der Waals surface area contributed by atoms with Crippen LogP contribution in [0.1, 0.15) is 60.3 Å². The molecule has 0 spiro atoms. The van der Waals surface area contributed by atoms with E-state index in [-0.39, 0.29) is 17.0 Å². The standard InChI is InChI=1S/C16H31NO4Si/c1-15(2,3)21-14(19)17-12(8-9-13(17)18)10-11-16(4,5)22(6,7)20/h12,20H,8-11H2,1-7H3/t12-/m0/s1. The van der Waals surface area contributed by atoms with Gasteiger partial charge in [0.2, 0.25) is 5.91 Å². The molecule has 22 heavy (non-hydrogen) atoms. The summed E-state index contributed by atoms with van der Waals surface area (Å²) in [5, 5.41) is -0.155. The molecule has 1 aliphatic heterocycles. The Morgan fingerprint density at radius 3 is 2.32 bits per heavy atom. The van der Waals surface area contributed by atoms with Gasteiger partial charge in [-0.3, -0.25) is 4.79 Å². The first-order chi connectivity index (χ1) is 9.74. The van der Waals surface area contributed by atoms with Crippen molar-refractivity contribution in [3.63, 3.8) is 0 Å². The first kappa shape index (κ1) is 19.2. The summed E-state index contributed by atoms with van der Waals surface area (Å²) in [6.07, 6.45) is 2.04. The van der Waals surface area contributed by atoms with Crippen molar-refractivity contribution in [2.45, 2.75) is 90.1 Å². The monoisotopic (exact) mass is 329 g/mol. The molecule has 0 aromatic heterocycles. The molecule has 1 N–H and O–H groups in total.